The minimum Gasteiger partial charge on any atom is -0.294 e. The molecule has 0 heterocycles. The van der Waals surface area contributed by atoms with E-state index in [9.17, 15) is 13.2 Å². The van der Waals surface area contributed by atoms with Gasteiger partial charge in [-0.1, -0.05) is 28.1 Å². The maximum Gasteiger partial charge on any atom is 0.163 e. The Hall–Kier alpha value is -0.680. The van der Waals surface area contributed by atoms with Crippen molar-refractivity contribution in [2.75, 3.05) is 12.0 Å². The summed E-state index contributed by atoms with van der Waals surface area (Å²) < 4.78 is 22.6. The zero-order valence-electron chi connectivity index (χ0n) is 8.23. The van der Waals surface area contributed by atoms with Crippen molar-refractivity contribution in [1.82, 2.24) is 0 Å². The van der Waals surface area contributed by atoms with Gasteiger partial charge in [-0.05, 0) is 12.1 Å². The van der Waals surface area contributed by atoms with Crippen LogP contribution in [0.4, 0.5) is 0 Å². The minimum atomic E-state index is -3.07. The van der Waals surface area contributed by atoms with Gasteiger partial charge in [0, 0.05) is 22.7 Å². The summed E-state index contributed by atoms with van der Waals surface area (Å²) in [4.78, 5) is 11.5. The zero-order chi connectivity index (χ0) is 11.5. The number of carbonyl (C=O) groups is 1. The van der Waals surface area contributed by atoms with Crippen molar-refractivity contribution in [2.24, 2.45) is 0 Å². The summed E-state index contributed by atoms with van der Waals surface area (Å²) >= 11 is 3.26. The number of hydrogen-bond acceptors (Lipinski definition) is 3. The smallest absolute Gasteiger partial charge is 0.163 e. The van der Waals surface area contributed by atoms with Crippen LogP contribution in [0.3, 0.4) is 0 Å². The predicted octanol–water partition coefficient (Wildman–Crippen LogP) is 2.07. The molecule has 0 N–H and O–H groups in total. The Bertz CT molecular complexity index is 448. The van der Waals surface area contributed by atoms with E-state index < -0.39 is 9.84 Å². The third-order valence-corrected chi connectivity index (χ3v) is 3.34. The lowest BCUT2D eigenvalue weighted by atomic mass is 10.1. The summed E-state index contributed by atoms with van der Waals surface area (Å²) in [5.74, 6) is -0.241. The first-order valence-electron chi connectivity index (χ1n) is 4.35. The fraction of sp³-hybridized carbons (Fsp3) is 0.300. The summed E-state index contributed by atoms with van der Waals surface area (Å²) in [7, 11) is -3.07. The Morgan fingerprint density at radius 2 is 1.80 bits per heavy atom. The van der Waals surface area contributed by atoms with Gasteiger partial charge in [-0.2, -0.15) is 0 Å². The molecule has 0 aliphatic heterocycles. The van der Waals surface area contributed by atoms with Gasteiger partial charge >= 0.3 is 0 Å². The fourth-order valence-corrected chi connectivity index (χ4v) is 1.88. The molecule has 0 aliphatic carbocycles. The zero-order valence-corrected chi connectivity index (χ0v) is 10.6. The van der Waals surface area contributed by atoms with Gasteiger partial charge in [0.25, 0.3) is 0 Å². The second-order valence-electron chi connectivity index (χ2n) is 3.31. The van der Waals surface area contributed by atoms with E-state index in [4.69, 9.17) is 0 Å². The molecular formula is C10H11BrO3S. The monoisotopic (exact) mass is 290 g/mol. The highest BCUT2D eigenvalue weighted by atomic mass is 79.9. The number of Topliss-reactive ketones (excluding diaryl/α,β-unsaturated/α-hetero) is 1. The third kappa shape index (κ3) is 4.57. The molecule has 15 heavy (non-hydrogen) atoms. The van der Waals surface area contributed by atoms with E-state index in [1.165, 1.54) is 0 Å². The molecule has 1 aromatic carbocycles. The van der Waals surface area contributed by atoms with Gasteiger partial charge in [0.2, 0.25) is 0 Å². The van der Waals surface area contributed by atoms with Crippen molar-refractivity contribution in [1.29, 1.82) is 0 Å². The molecule has 0 unspecified atom stereocenters. The molecule has 82 valence electrons. The van der Waals surface area contributed by atoms with Crippen LogP contribution in [-0.4, -0.2) is 26.2 Å². The first kappa shape index (κ1) is 12.4. The second-order valence-corrected chi connectivity index (χ2v) is 6.49. The molecule has 1 rings (SSSR count). The summed E-state index contributed by atoms with van der Waals surface area (Å²) in [5, 5.41) is 0. The lowest BCUT2D eigenvalue weighted by molar-refractivity contribution is 0.0989. The average molecular weight is 291 g/mol. The van der Waals surface area contributed by atoms with E-state index in [0.29, 0.717) is 5.56 Å². The molecule has 0 aliphatic rings. The second kappa shape index (κ2) is 4.90. The van der Waals surface area contributed by atoms with Gasteiger partial charge in [-0.3, -0.25) is 4.79 Å². The van der Waals surface area contributed by atoms with Gasteiger partial charge < -0.3 is 0 Å². The Kier molecular flexibility index (Phi) is 4.04. The molecule has 0 fully saturated rings. The summed E-state index contributed by atoms with van der Waals surface area (Å²) in [6.07, 6.45) is 1.17. The molecular weight excluding hydrogens is 280 g/mol. The summed E-state index contributed by atoms with van der Waals surface area (Å²) in [6, 6.07) is 6.87. The van der Waals surface area contributed by atoms with Gasteiger partial charge in [0.05, 0.1) is 5.75 Å². The Labute approximate surface area is 97.5 Å². The topological polar surface area (TPSA) is 51.2 Å². The molecule has 0 amide bonds. The van der Waals surface area contributed by atoms with Crippen LogP contribution in [-0.2, 0) is 9.84 Å². The number of rotatable bonds is 4. The number of carbonyl (C=O) groups excluding carboxylic acids is 1. The molecule has 1 aromatic rings. The molecule has 5 heteroatoms. The maximum atomic E-state index is 11.5. The average Bonchev–Trinajstić information content (AvgIpc) is 2.14. The Balaban J connectivity index is 2.66. The number of ketones is 1. The van der Waals surface area contributed by atoms with E-state index in [0.717, 1.165) is 10.7 Å². The third-order valence-electron chi connectivity index (χ3n) is 1.87. The van der Waals surface area contributed by atoms with Crippen LogP contribution in [0.15, 0.2) is 28.7 Å². The van der Waals surface area contributed by atoms with Crippen molar-refractivity contribution in [3.05, 3.63) is 34.3 Å². The highest BCUT2D eigenvalue weighted by Gasteiger charge is 2.09. The van der Waals surface area contributed by atoms with Crippen molar-refractivity contribution in [3.8, 4) is 0 Å². The first-order valence-corrected chi connectivity index (χ1v) is 7.20. The fourth-order valence-electron chi connectivity index (χ4n) is 1.06. The van der Waals surface area contributed by atoms with Gasteiger partial charge in [0.15, 0.2) is 5.78 Å². The quantitative estimate of drug-likeness (QED) is 0.798. The largest absolute Gasteiger partial charge is 0.294 e. The van der Waals surface area contributed by atoms with Gasteiger partial charge in [-0.15, -0.1) is 0 Å². The van der Waals surface area contributed by atoms with E-state index in [1.807, 2.05) is 0 Å². The van der Waals surface area contributed by atoms with Crippen LogP contribution in [0.25, 0.3) is 0 Å². The molecule has 0 bridgehead atoms. The number of halogens is 1. The lowest BCUT2D eigenvalue weighted by Gasteiger charge is -2.00. The molecule has 0 saturated carbocycles. The van der Waals surface area contributed by atoms with Crippen LogP contribution < -0.4 is 0 Å². The van der Waals surface area contributed by atoms with Crippen LogP contribution in [0, 0.1) is 0 Å². The predicted molar refractivity (Wildman–Crippen MR) is 62.8 cm³/mol. The molecule has 0 radical (unpaired) electrons. The van der Waals surface area contributed by atoms with Crippen molar-refractivity contribution in [3.63, 3.8) is 0 Å². The van der Waals surface area contributed by atoms with Gasteiger partial charge in [-0.25, -0.2) is 8.42 Å². The SMILES string of the molecule is CS(=O)(=O)CCC(=O)c1ccc(Br)cc1. The van der Waals surface area contributed by atoms with E-state index in [1.54, 1.807) is 24.3 Å². The molecule has 0 saturated heterocycles. The highest BCUT2D eigenvalue weighted by molar-refractivity contribution is 9.10. The number of hydrogen-bond donors (Lipinski definition) is 0. The lowest BCUT2D eigenvalue weighted by Crippen LogP contribution is -2.09. The normalized spacial score (nSPS) is 11.3. The van der Waals surface area contributed by atoms with Gasteiger partial charge in [0.1, 0.15) is 9.84 Å². The standard InChI is InChI=1S/C10H11BrO3S/c1-15(13,14)7-6-10(12)8-2-4-9(11)5-3-8/h2-5H,6-7H2,1H3. The van der Waals surface area contributed by atoms with E-state index >= 15 is 0 Å². The summed E-state index contributed by atoms with van der Waals surface area (Å²) in [6.45, 7) is 0. The molecule has 0 aromatic heterocycles. The van der Waals surface area contributed by atoms with Crippen LogP contribution in [0.1, 0.15) is 16.8 Å². The van der Waals surface area contributed by atoms with Crippen molar-refractivity contribution < 1.29 is 13.2 Å². The minimum absolute atomic E-state index is 0.0421. The molecule has 3 nitrogen and oxygen atoms in total. The maximum absolute atomic E-state index is 11.5. The van der Waals surface area contributed by atoms with Crippen molar-refractivity contribution >= 4 is 31.6 Å². The molecule has 0 spiro atoms. The Morgan fingerprint density at radius 1 is 1.27 bits per heavy atom. The first-order chi connectivity index (χ1) is 6.88. The molecule has 0 atom stereocenters. The van der Waals surface area contributed by atoms with E-state index in [-0.39, 0.29) is 18.0 Å². The van der Waals surface area contributed by atoms with Crippen molar-refractivity contribution in [2.45, 2.75) is 6.42 Å². The number of sulfone groups is 1. The summed E-state index contributed by atoms with van der Waals surface area (Å²) in [5.41, 5.74) is 0.543. The van der Waals surface area contributed by atoms with Crippen LogP contribution in [0.5, 0.6) is 0 Å². The highest BCUT2D eigenvalue weighted by Crippen LogP contribution is 2.12. The Morgan fingerprint density at radius 3 is 2.27 bits per heavy atom. The van der Waals surface area contributed by atoms with Crippen LogP contribution in [0.2, 0.25) is 0 Å². The van der Waals surface area contributed by atoms with E-state index in [2.05, 4.69) is 15.9 Å². The number of benzene rings is 1. The van der Waals surface area contributed by atoms with Crippen LogP contribution >= 0.6 is 15.9 Å².